The number of furan rings is 1. The third-order valence-corrected chi connectivity index (χ3v) is 4.96. The van der Waals surface area contributed by atoms with Crippen LogP contribution >= 0.6 is 0 Å². The first kappa shape index (κ1) is 20.4. The van der Waals surface area contributed by atoms with E-state index in [2.05, 4.69) is 10.1 Å². The zero-order chi connectivity index (χ0) is 21.6. The van der Waals surface area contributed by atoms with Crippen molar-refractivity contribution in [2.75, 3.05) is 0 Å². The van der Waals surface area contributed by atoms with Gasteiger partial charge in [0.1, 0.15) is 23.9 Å². The molecule has 0 radical (unpaired) electrons. The Morgan fingerprint density at radius 1 is 1.10 bits per heavy atom. The third-order valence-electron chi connectivity index (χ3n) is 4.96. The largest absolute Gasteiger partial charge is 0.489 e. The van der Waals surface area contributed by atoms with E-state index in [1.165, 1.54) is 0 Å². The minimum Gasteiger partial charge on any atom is -0.489 e. The normalized spacial score (nSPS) is 10.8. The molecule has 7 nitrogen and oxygen atoms in total. The summed E-state index contributed by atoms with van der Waals surface area (Å²) >= 11 is 0. The molecule has 1 amide bonds. The summed E-state index contributed by atoms with van der Waals surface area (Å²) < 4.78 is 16.6. The molecule has 0 aliphatic heterocycles. The van der Waals surface area contributed by atoms with Gasteiger partial charge >= 0.3 is 0 Å². The van der Waals surface area contributed by atoms with Crippen molar-refractivity contribution in [2.45, 2.75) is 33.5 Å². The summed E-state index contributed by atoms with van der Waals surface area (Å²) in [5, 5.41) is 3.94. The quantitative estimate of drug-likeness (QED) is 0.413. The number of aryl methyl sites for hydroxylation is 2. The van der Waals surface area contributed by atoms with Crippen molar-refractivity contribution >= 4 is 5.91 Å². The number of pyridine rings is 1. The molecule has 0 aliphatic rings. The van der Waals surface area contributed by atoms with Crippen molar-refractivity contribution in [1.82, 2.24) is 15.0 Å². The first-order chi connectivity index (χ1) is 15.1. The van der Waals surface area contributed by atoms with Gasteiger partial charge in [-0.15, -0.1) is 0 Å². The van der Waals surface area contributed by atoms with E-state index in [1.54, 1.807) is 35.7 Å². The molecule has 3 aromatic heterocycles. The number of benzene rings is 1. The van der Waals surface area contributed by atoms with Gasteiger partial charge in [0.15, 0.2) is 0 Å². The maximum Gasteiger partial charge on any atom is 0.254 e. The SMILES string of the molecule is Cc1noc(C)c1COc1cccc(C(=O)N(Cc2cccnc2)Cc2ccco2)c1. The summed E-state index contributed by atoms with van der Waals surface area (Å²) in [6.07, 6.45) is 5.07. The maximum atomic E-state index is 13.4. The number of amides is 1. The van der Waals surface area contributed by atoms with Crippen LogP contribution < -0.4 is 4.74 Å². The minimum atomic E-state index is -0.122. The van der Waals surface area contributed by atoms with E-state index >= 15 is 0 Å². The lowest BCUT2D eigenvalue weighted by Crippen LogP contribution is -2.30. The summed E-state index contributed by atoms with van der Waals surface area (Å²) in [5.41, 5.74) is 3.18. The van der Waals surface area contributed by atoms with E-state index in [4.69, 9.17) is 13.7 Å². The monoisotopic (exact) mass is 417 g/mol. The Balaban J connectivity index is 1.52. The van der Waals surface area contributed by atoms with Crippen LogP contribution in [0.2, 0.25) is 0 Å². The summed E-state index contributed by atoms with van der Waals surface area (Å²) in [5.74, 6) is 1.92. The molecule has 0 fully saturated rings. The van der Waals surface area contributed by atoms with Crippen molar-refractivity contribution < 1.29 is 18.5 Å². The molecule has 0 bridgehead atoms. The van der Waals surface area contributed by atoms with Gasteiger partial charge in [-0.1, -0.05) is 17.3 Å². The predicted octanol–water partition coefficient (Wildman–Crippen LogP) is 4.70. The van der Waals surface area contributed by atoms with Crippen molar-refractivity contribution in [2.24, 2.45) is 0 Å². The molecule has 158 valence electrons. The van der Waals surface area contributed by atoms with Crippen LogP contribution in [0.4, 0.5) is 0 Å². The molecule has 4 aromatic rings. The number of nitrogens with zero attached hydrogens (tertiary/aromatic N) is 3. The Hall–Kier alpha value is -3.87. The van der Waals surface area contributed by atoms with Crippen molar-refractivity contribution in [3.8, 4) is 5.75 Å². The number of hydrogen-bond donors (Lipinski definition) is 0. The number of carbonyl (C=O) groups excluding carboxylic acids is 1. The molecule has 1 aromatic carbocycles. The van der Waals surface area contributed by atoms with Gasteiger partial charge in [0.05, 0.1) is 24.1 Å². The van der Waals surface area contributed by atoms with Gasteiger partial charge in [-0.25, -0.2) is 0 Å². The highest BCUT2D eigenvalue weighted by Gasteiger charge is 2.19. The average Bonchev–Trinajstić information content (AvgIpc) is 3.42. The Bertz CT molecular complexity index is 1120. The third kappa shape index (κ3) is 5.01. The van der Waals surface area contributed by atoms with Crippen LogP contribution in [0.1, 0.15) is 38.7 Å². The van der Waals surface area contributed by atoms with Crippen molar-refractivity contribution in [3.63, 3.8) is 0 Å². The minimum absolute atomic E-state index is 0.122. The Morgan fingerprint density at radius 3 is 2.71 bits per heavy atom. The van der Waals surface area contributed by atoms with E-state index in [-0.39, 0.29) is 5.91 Å². The van der Waals surface area contributed by atoms with Gasteiger partial charge in [-0.05, 0) is 55.8 Å². The van der Waals surface area contributed by atoms with E-state index in [9.17, 15) is 4.79 Å². The molecular formula is C24H23N3O4. The topological polar surface area (TPSA) is 81.6 Å². The van der Waals surface area contributed by atoms with Crippen LogP contribution in [-0.4, -0.2) is 20.9 Å². The first-order valence-electron chi connectivity index (χ1n) is 9.95. The molecule has 3 heterocycles. The van der Waals surface area contributed by atoms with Crippen LogP contribution in [0, 0.1) is 13.8 Å². The molecular weight excluding hydrogens is 394 g/mol. The fourth-order valence-electron chi connectivity index (χ4n) is 3.27. The molecule has 0 unspecified atom stereocenters. The van der Waals surface area contributed by atoms with Crippen molar-refractivity contribution in [1.29, 1.82) is 0 Å². The predicted molar refractivity (Wildman–Crippen MR) is 113 cm³/mol. The van der Waals surface area contributed by atoms with Gasteiger partial charge in [0.2, 0.25) is 0 Å². The highest BCUT2D eigenvalue weighted by Crippen LogP contribution is 2.21. The molecule has 0 saturated heterocycles. The van der Waals surface area contributed by atoms with E-state index in [0.717, 1.165) is 22.6 Å². The summed E-state index contributed by atoms with van der Waals surface area (Å²) in [6, 6.07) is 14.6. The van der Waals surface area contributed by atoms with Gasteiger partial charge in [-0.2, -0.15) is 0 Å². The Morgan fingerprint density at radius 2 is 2.00 bits per heavy atom. The second-order valence-corrected chi connectivity index (χ2v) is 7.22. The summed E-state index contributed by atoms with van der Waals surface area (Å²) in [6.45, 7) is 4.82. The number of hydrogen-bond acceptors (Lipinski definition) is 6. The fourth-order valence-corrected chi connectivity index (χ4v) is 3.27. The van der Waals surface area contributed by atoms with Crippen LogP contribution in [-0.2, 0) is 19.7 Å². The molecule has 4 rings (SSSR count). The molecule has 0 atom stereocenters. The van der Waals surface area contributed by atoms with E-state index in [1.807, 2.05) is 50.2 Å². The molecule has 31 heavy (non-hydrogen) atoms. The number of carbonyl (C=O) groups is 1. The lowest BCUT2D eigenvalue weighted by Gasteiger charge is -2.22. The number of ether oxygens (including phenoxy) is 1. The highest BCUT2D eigenvalue weighted by molar-refractivity contribution is 5.94. The van der Waals surface area contributed by atoms with Crippen LogP contribution in [0.25, 0.3) is 0 Å². The molecule has 0 spiro atoms. The molecule has 7 heteroatoms. The second kappa shape index (κ2) is 9.30. The Kier molecular flexibility index (Phi) is 6.12. The maximum absolute atomic E-state index is 13.4. The van der Waals surface area contributed by atoms with Crippen LogP contribution in [0.5, 0.6) is 5.75 Å². The highest BCUT2D eigenvalue weighted by atomic mass is 16.5. The first-order valence-corrected chi connectivity index (χ1v) is 9.95. The average molecular weight is 417 g/mol. The van der Waals surface area contributed by atoms with E-state index in [0.29, 0.717) is 36.8 Å². The smallest absolute Gasteiger partial charge is 0.254 e. The standard InChI is InChI=1S/C24H23N3O4/c1-17-23(18(2)31-26-17)16-30-21-8-3-7-20(12-21)24(28)27(15-22-9-5-11-29-22)14-19-6-4-10-25-13-19/h3-13H,14-16H2,1-2H3. The zero-order valence-corrected chi connectivity index (χ0v) is 17.4. The van der Waals surface area contributed by atoms with Gasteiger partial charge < -0.3 is 18.6 Å². The lowest BCUT2D eigenvalue weighted by atomic mass is 10.1. The Labute approximate surface area is 180 Å². The molecule has 0 aliphatic carbocycles. The fraction of sp³-hybridized carbons (Fsp3) is 0.208. The van der Waals surface area contributed by atoms with Crippen molar-refractivity contribution in [3.05, 3.63) is 101 Å². The number of rotatable bonds is 8. The van der Waals surface area contributed by atoms with Crippen LogP contribution in [0.15, 0.2) is 76.1 Å². The molecule has 0 N–H and O–H groups in total. The van der Waals surface area contributed by atoms with Gasteiger partial charge in [0, 0.05) is 24.5 Å². The number of aromatic nitrogens is 2. The summed E-state index contributed by atoms with van der Waals surface area (Å²) in [7, 11) is 0. The van der Waals surface area contributed by atoms with Gasteiger partial charge in [0.25, 0.3) is 5.91 Å². The second-order valence-electron chi connectivity index (χ2n) is 7.22. The summed E-state index contributed by atoms with van der Waals surface area (Å²) in [4.78, 5) is 19.2. The molecule has 0 saturated carbocycles. The zero-order valence-electron chi connectivity index (χ0n) is 17.4. The van der Waals surface area contributed by atoms with Gasteiger partial charge in [-0.3, -0.25) is 9.78 Å². The van der Waals surface area contributed by atoms with Crippen LogP contribution in [0.3, 0.4) is 0 Å². The lowest BCUT2D eigenvalue weighted by molar-refractivity contribution is 0.0717. The van der Waals surface area contributed by atoms with E-state index < -0.39 is 0 Å².